The van der Waals surface area contributed by atoms with Crippen molar-refractivity contribution < 1.29 is 4.79 Å². The average molecular weight is 317 g/mol. The smallest absolute Gasteiger partial charge is 0.237 e. The molecule has 2 unspecified atom stereocenters. The molecule has 0 saturated heterocycles. The fourth-order valence-electron chi connectivity index (χ4n) is 2.36. The molecular weight excluding hydrogens is 294 g/mol. The van der Waals surface area contributed by atoms with Crippen molar-refractivity contribution in [2.45, 2.75) is 18.5 Å². The van der Waals surface area contributed by atoms with Gasteiger partial charge in [-0.05, 0) is 40.8 Å². The highest BCUT2D eigenvalue weighted by molar-refractivity contribution is 7.98. The Hall–Kier alpha value is -1.56. The Balaban J connectivity index is 2.11. The van der Waals surface area contributed by atoms with Crippen molar-refractivity contribution in [1.82, 2.24) is 5.32 Å². The molecule has 0 heterocycles. The number of hydrogen-bond donors (Lipinski definition) is 3. The second kappa shape index (κ2) is 8.17. The van der Waals surface area contributed by atoms with Crippen LogP contribution in [-0.2, 0) is 4.79 Å². The molecule has 0 saturated carbocycles. The van der Waals surface area contributed by atoms with Crippen LogP contribution in [0, 0.1) is 0 Å². The van der Waals surface area contributed by atoms with Crippen molar-refractivity contribution in [3.8, 4) is 0 Å². The van der Waals surface area contributed by atoms with E-state index in [4.69, 9.17) is 11.5 Å². The molecule has 2 rings (SSSR count). The number of hydrogen-bond acceptors (Lipinski definition) is 4. The summed E-state index contributed by atoms with van der Waals surface area (Å²) in [5.41, 5.74) is 12.8. The summed E-state index contributed by atoms with van der Waals surface area (Å²) < 4.78 is 0. The molecule has 0 fully saturated rings. The zero-order valence-corrected chi connectivity index (χ0v) is 13.6. The summed E-state index contributed by atoms with van der Waals surface area (Å²) in [4.78, 5) is 12.2. The number of nitrogens with one attached hydrogen (secondary N) is 1. The molecule has 2 aromatic carbocycles. The molecular formula is C17H23N3OS. The van der Waals surface area contributed by atoms with Crippen molar-refractivity contribution in [3.05, 3.63) is 48.0 Å². The molecule has 0 aromatic heterocycles. The summed E-state index contributed by atoms with van der Waals surface area (Å²) in [5, 5.41) is 5.27. The second-order valence-electron chi connectivity index (χ2n) is 5.29. The summed E-state index contributed by atoms with van der Waals surface area (Å²) in [6, 6.07) is 13.6. The van der Waals surface area contributed by atoms with E-state index in [9.17, 15) is 4.79 Å². The van der Waals surface area contributed by atoms with E-state index in [1.54, 1.807) is 11.8 Å². The van der Waals surface area contributed by atoms with Crippen LogP contribution in [0.25, 0.3) is 10.8 Å². The maximum absolute atomic E-state index is 12.2. The number of rotatable bonds is 7. The number of thioether (sulfide) groups is 1. The minimum atomic E-state index is -0.484. The third kappa shape index (κ3) is 4.22. The zero-order chi connectivity index (χ0) is 15.9. The topological polar surface area (TPSA) is 81.1 Å². The van der Waals surface area contributed by atoms with Crippen LogP contribution in [-0.4, -0.2) is 30.5 Å². The third-order valence-corrected chi connectivity index (χ3v) is 4.34. The molecule has 2 aromatic rings. The lowest BCUT2D eigenvalue weighted by Gasteiger charge is -2.20. The van der Waals surface area contributed by atoms with Gasteiger partial charge in [0.25, 0.3) is 0 Å². The third-order valence-electron chi connectivity index (χ3n) is 3.70. The maximum Gasteiger partial charge on any atom is 0.237 e. The van der Waals surface area contributed by atoms with E-state index in [0.717, 1.165) is 16.7 Å². The molecule has 0 bridgehead atoms. The maximum atomic E-state index is 12.2. The Bertz CT molecular complexity index is 632. The standard InChI is InChI=1S/C17H23N3OS/c1-22-9-8-15(19)17(21)20-16(11-18)14-7-6-12-4-2-3-5-13(12)10-14/h2-7,10,15-16H,8-9,11,18-19H2,1H3,(H,20,21). The molecule has 118 valence electrons. The molecule has 0 aliphatic carbocycles. The minimum Gasteiger partial charge on any atom is -0.347 e. The molecule has 5 heteroatoms. The van der Waals surface area contributed by atoms with Crippen molar-refractivity contribution in [2.75, 3.05) is 18.6 Å². The van der Waals surface area contributed by atoms with E-state index in [-0.39, 0.29) is 11.9 Å². The van der Waals surface area contributed by atoms with Gasteiger partial charge < -0.3 is 16.8 Å². The summed E-state index contributed by atoms with van der Waals surface area (Å²) in [6.45, 7) is 0.347. The van der Waals surface area contributed by atoms with Crippen LogP contribution < -0.4 is 16.8 Å². The number of amides is 1. The lowest BCUT2D eigenvalue weighted by molar-refractivity contribution is -0.123. The lowest BCUT2D eigenvalue weighted by Crippen LogP contribution is -2.44. The Morgan fingerprint density at radius 3 is 2.64 bits per heavy atom. The van der Waals surface area contributed by atoms with Crippen molar-refractivity contribution >= 4 is 28.4 Å². The largest absolute Gasteiger partial charge is 0.347 e. The highest BCUT2D eigenvalue weighted by atomic mass is 32.2. The first-order valence-corrected chi connectivity index (χ1v) is 8.78. The lowest BCUT2D eigenvalue weighted by atomic mass is 10.0. The van der Waals surface area contributed by atoms with Gasteiger partial charge in [-0.2, -0.15) is 11.8 Å². The van der Waals surface area contributed by atoms with E-state index >= 15 is 0 Å². The fraction of sp³-hybridized carbons (Fsp3) is 0.353. The second-order valence-corrected chi connectivity index (χ2v) is 6.28. The van der Waals surface area contributed by atoms with Gasteiger partial charge in [-0.15, -0.1) is 0 Å². The summed E-state index contributed by atoms with van der Waals surface area (Å²) in [7, 11) is 0. The summed E-state index contributed by atoms with van der Waals surface area (Å²) in [6.07, 6.45) is 2.67. The van der Waals surface area contributed by atoms with Crippen LogP contribution in [0.15, 0.2) is 42.5 Å². The Morgan fingerprint density at radius 2 is 1.95 bits per heavy atom. The van der Waals surface area contributed by atoms with E-state index < -0.39 is 6.04 Å². The Morgan fingerprint density at radius 1 is 1.23 bits per heavy atom. The molecule has 2 atom stereocenters. The first kappa shape index (κ1) is 16.8. The molecule has 0 radical (unpaired) electrons. The number of carbonyl (C=O) groups is 1. The molecule has 5 N–H and O–H groups in total. The van der Waals surface area contributed by atoms with Gasteiger partial charge in [-0.1, -0.05) is 36.4 Å². The van der Waals surface area contributed by atoms with Crippen molar-refractivity contribution in [2.24, 2.45) is 11.5 Å². The summed E-state index contributed by atoms with van der Waals surface area (Å²) >= 11 is 1.69. The summed E-state index contributed by atoms with van der Waals surface area (Å²) in [5.74, 6) is 0.732. The van der Waals surface area contributed by atoms with Crippen LogP contribution in [0.1, 0.15) is 18.0 Å². The van der Waals surface area contributed by atoms with E-state index in [2.05, 4.69) is 23.5 Å². The minimum absolute atomic E-state index is 0.141. The van der Waals surface area contributed by atoms with Gasteiger partial charge in [0.05, 0.1) is 12.1 Å². The molecule has 0 spiro atoms. The number of nitrogens with two attached hydrogens (primary N) is 2. The normalized spacial score (nSPS) is 13.8. The quantitative estimate of drug-likeness (QED) is 0.730. The molecule has 0 aliphatic rings. The van der Waals surface area contributed by atoms with Crippen LogP contribution in [0.4, 0.5) is 0 Å². The highest BCUT2D eigenvalue weighted by Gasteiger charge is 2.18. The van der Waals surface area contributed by atoms with Crippen molar-refractivity contribution in [1.29, 1.82) is 0 Å². The van der Waals surface area contributed by atoms with Gasteiger partial charge in [0.1, 0.15) is 0 Å². The van der Waals surface area contributed by atoms with Gasteiger partial charge in [0.2, 0.25) is 5.91 Å². The number of benzene rings is 2. The van der Waals surface area contributed by atoms with Gasteiger partial charge in [0.15, 0.2) is 0 Å². The Kier molecular flexibility index (Phi) is 6.24. The van der Waals surface area contributed by atoms with E-state index in [1.165, 1.54) is 5.39 Å². The molecule has 4 nitrogen and oxygen atoms in total. The monoisotopic (exact) mass is 317 g/mol. The van der Waals surface area contributed by atoms with Crippen molar-refractivity contribution in [3.63, 3.8) is 0 Å². The average Bonchev–Trinajstić information content (AvgIpc) is 2.56. The van der Waals surface area contributed by atoms with Crippen LogP contribution in [0.2, 0.25) is 0 Å². The predicted molar refractivity (Wildman–Crippen MR) is 94.9 cm³/mol. The first-order valence-electron chi connectivity index (χ1n) is 7.39. The first-order chi connectivity index (χ1) is 10.7. The van der Waals surface area contributed by atoms with Gasteiger partial charge in [0, 0.05) is 6.54 Å². The fourth-order valence-corrected chi connectivity index (χ4v) is 2.85. The van der Waals surface area contributed by atoms with Gasteiger partial charge >= 0.3 is 0 Å². The predicted octanol–water partition coefficient (Wildman–Crippen LogP) is 2.04. The van der Waals surface area contributed by atoms with Gasteiger partial charge in [-0.3, -0.25) is 4.79 Å². The SMILES string of the molecule is CSCCC(N)C(=O)NC(CN)c1ccc2ccccc2c1. The zero-order valence-electron chi connectivity index (χ0n) is 12.8. The molecule has 0 aliphatic heterocycles. The van der Waals surface area contributed by atoms with Crippen LogP contribution in [0.5, 0.6) is 0 Å². The van der Waals surface area contributed by atoms with E-state index in [0.29, 0.717) is 13.0 Å². The number of fused-ring (bicyclic) bond motifs is 1. The van der Waals surface area contributed by atoms with Crippen LogP contribution >= 0.6 is 11.8 Å². The number of carbonyl (C=O) groups excluding carboxylic acids is 1. The molecule has 22 heavy (non-hydrogen) atoms. The van der Waals surface area contributed by atoms with Gasteiger partial charge in [-0.25, -0.2) is 0 Å². The van der Waals surface area contributed by atoms with E-state index in [1.807, 2.05) is 30.5 Å². The highest BCUT2D eigenvalue weighted by Crippen LogP contribution is 2.20. The Labute approximate surface area is 135 Å². The molecule has 1 amide bonds. The van der Waals surface area contributed by atoms with Crippen LogP contribution in [0.3, 0.4) is 0 Å².